The zero-order valence-corrected chi connectivity index (χ0v) is 23.1. The van der Waals surface area contributed by atoms with E-state index < -0.39 is 53.8 Å². The Morgan fingerprint density at radius 1 is 0.846 bits per heavy atom. The second-order valence-electron chi connectivity index (χ2n) is 11.3. The largest absolute Gasteiger partial charge is 0.480 e. The Bertz CT molecular complexity index is 1180. The molecule has 3 amide bonds. The lowest BCUT2D eigenvalue weighted by molar-refractivity contribution is -0.148. The Hall–Kier alpha value is -3.92. The summed E-state index contributed by atoms with van der Waals surface area (Å²) in [6, 6.07) is 14.1. The number of hydrogen-bond donors (Lipinski definition) is 3. The SMILES string of the molecule is CC(C)(C)OC(=O)NC(=O)[C@H](C[C@H](NC(=O)OCC1c2ccccc2-c2ccccc21)C(=O)O)OC(C)(C)C. The number of nitrogens with one attached hydrogen (secondary N) is 2. The molecule has 210 valence electrons. The number of carboxylic acid groups (broad SMARTS) is 1. The molecule has 0 fully saturated rings. The fraction of sp³-hybridized carbons (Fsp3) is 0.448. The summed E-state index contributed by atoms with van der Waals surface area (Å²) in [5.41, 5.74) is 2.44. The van der Waals surface area contributed by atoms with Crippen LogP contribution in [0.5, 0.6) is 0 Å². The molecule has 0 radical (unpaired) electrons. The van der Waals surface area contributed by atoms with Gasteiger partial charge in [-0.2, -0.15) is 0 Å². The third kappa shape index (κ3) is 8.28. The molecule has 0 heterocycles. The number of aliphatic carboxylic acids is 1. The van der Waals surface area contributed by atoms with Crippen LogP contribution in [0.4, 0.5) is 9.59 Å². The zero-order chi connectivity index (χ0) is 29.0. The number of carbonyl (C=O) groups is 4. The molecule has 0 saturated carbocycles. The van der Waals surface area contributed by atoms with Crippen molar-refractivity contribution >= 4 is 24.1 Å². The topological polar surface area (TPSA) is 140 Å². The van der Waals surface area contributed by atoms with Crippen LogP contribution in [0, 0.1) is 0 Å². The van der Waals surface area contributed by atoms with Crippen LogP contribution in [0.1, 0.15) is 65.0 Å². The summed E-state index contributed by atoms with van der Waals surface area (Å²) in [5.74, 6) is -2.49. The molecule has 0 spiro atoms. The number of fused-ring (bicyclic) bond motifs is 3. The van der Waals surface area contributed by atoms with Gasteiger partial charge in [-0.05, 0) is 63.8 Å². The zero-order valence-electron chi connectivity index (χ0n) is 23.1. The van der Waals surface area contributed by atoms with Crippen molar-refractivity contribution in [3.63, 3.8) is 0 Å². The summed E-state index contributed by atoms with van der Waals surface area (Å²) >= 11 is 0. The molecule has 39 heavy (non-hydrogen) atoms. The van der Waals surface area contributed by atoms with Gasteiger partial charge in [-0.1, -0.05) is 48.5 Å². The third-order valence-corrected chi connectivity index (χ3v) is 5.80. The lowest BCUT2D eigenvalue weighted by atomic mass is 9.98. The van der Waals surface area contributed by atoms with Crippen molar-refractivity contribution in [1.29, 1.82) is 0 Å². The van der Waals surface area contributed by atoms with E-state index >= 15 is 0 Å². The van der Waals surface area contributed by atoms with E-state index in [2.05, 4.69) is 10.6 Å². The number of hydrogen-bond acceptors (Lipinski definition) is 7. The first-order valence-corrected chi connectivity index (χ1v) is 12.7. The van der Waals surface area contributed by atoms with E-state index in [0.29, 0.717) is 0 Å². The maximum atomic E-state index is 12.8. The summed E-state index contributed by atoms with van der Waals surface area (Å²) in [6.45, 7) is 9.94. The minimum atomic E-state index is -1.53. The first-order chi connectivity index (χ1) is 18.1. The first-order valence-electron chi connectivity index (χ1n) is 12.7. The predicted molar refractivity (Wildman–Crippen MR) is 143 cm³/mol. The highest BCUT2D eigenvalue weighted by Gasteiger charge is 2.35. The highest BCUT2D eigenvalue weighted by Crippen LogP contribution is 2.44. The van der Waals surface area contributed by atoms with Gasteiger partial charge >= 0.3 is 18.2 Å². The number of alkyl carbamates (subject to hydrolysis) is 2. The summed E-state index contributed by atoms with van der Waals surface area (Å²) in [5, 5.41) is 14.2. The van der Waals surface area contributed by atoms with Crippen LogP contribution in [0.15, 0.2) is 48.5 Å². The molecule has 10 heteroatoms. The van der Waals surface area contributed by atoms with Crippen LogP contribution in [0.3, 0.4) is 0 Å². The van der Waals surface area contributed by atoms with Gasteiger partial charge in [-0.15, -0.1) is 0 Å². The molecule has 1 aliphatic rings. The second-order valence-corrected chi connectivity index (χ2v) is 11.3. The minimum Gasteiger partial charge on any atom is -0.480 e. The molecule has 3 rings (SSSR count). The van der Waals surface area contributed by atoms with Gasteiger partial charge in [0.05, 0.1) is 5.60 Å². The van der Waals surface area contributed by atoms with Crippen molar-refractivity contribution in [3.8, 4) is 11.1 Å². The lowest BCUT2D eigenvalue weighted by Crippen LogP contribution is -2.50. The molecule has 0 aliphatic heterocycles. The quantitative estimate of drug-likeness (QED) is 0.441. The van der Waals surface area contributed by atoms with Crippen molar-refractivity contribution in [3.05, 3.63) is 59.7 Å². The lowest BCUT2D eigenvalue weighted by Gasteiger charge is -2.29. The van der Waals surface area contributed by atoms with Gasteiger partial charge in [0.2, 0.25) is 0 Å². The van der Waals surface area contributed by atoms with Gasteiger partial charge in [0.15, 0.2) is 0 Å². The van der Waals surface area contributed by atoms with E-state index in [1.807, 2.05) is 48.5 Å². The van der Waals surface area contributed by atoms with Crippen molar-refractivity contribution in [2.24, 2.45) is 0 Å². The highest BCUT2D eigenvalue weighted by atomic mass is 16.6. The average Bonchev–Trinajstić information content (AvgIpc) is 3.13. The molecule has 2 aromatic carbocycles. The predicted octanol–water partition coefficient (Wildman–Crippen LogP) is 4.60. The van der Waals surface area contributed by atoms with Crippen LogP contribution < -0.4 is 10.6 Å². The number of carbonyl (C=O) groups excluding carboxylic acids is 3. The molecular weight excluding hydrogens is 504 g/mol. The van der Waals surface area contributed by atoms with Crippen molar-refractivity contribution < 1.29 is 38.5 Å². The van der Waals surface area contributed by atoms with Gasteiger partial charge in [0, 0.05) is 12.3 Å². The summed E-state index contributed by atoms with van der Waals surface area (Å²) in [4.78, 5) is 49.6. The molecule has 2 atom stereocenters. The van der Waals surface area contributed by atoms with Crippen LogP contribution in [-0.4, -0.2) is 59.1 Å². The van der Waals surface area contributed by atoms with Crippen LogP contribution >= 0.6 is 0 Å². The highest BCUT2D eigenvalue weighted by molar-refractivity contribution is 5.95. The fourth-order valence-corrected chi connectivity index (χ4v) is 4.34. The van der Waals surface area contributed by atoms with Crippen molar-refractivity contribution in [2.45, 2.75) is 77.2 Å². The van der Waals surface area contributed by atoms with Crippen LogP contribution in [0.25, 0.3) is 11.1 Å². The Morgan fingerprint density at radius 3 is 1.87 bits per heavy atom. The molecule has 0 bridgehead atoms. The van der Waals surface area contributed by atoms with E-state index in [1.54, 1.807) is 41.5 Å². The number of benzene rings is 2. The number of amides is 3. The third-order valence-electron chi connectivity index (χ3n) is 5.80. The second kappa shape index (κ2) is 11.9. The van der Waals surface area contributed by atoms with Gasteiger partial charge in [-0.3, -0.25) is 10.1 Å². The van der Waals surface area contributed by atoms with Crippen LogP contribution in [-0.2, 0) is 23.8 Å². The van der Waals surface area contributed by atoms with E-state index in [4.69, 9.17) is 14.2 Å². The van der Waals surface area contributed by atoms with Gasteiger partial charge < -0.3 is 24.6 Å². The van der Waals surface area contributed by atoms with Crippen LogP contribution in [0.2, 0.25) is 0 Å². The maximum Gasteiger partial charge on any atom is 0.414 e. The molecule has 3 N–H and O–H groups in total. The normalized spacial score (nSPS) is 14.4. The average molecular weight is 541 g/mol. The Labute approximate surface area is 228 Å². The molecule has 10 nitrogen and oxygen atoms in total. The number of rotatable bonds is 8. The summed E-state index contributed by atoms with van der Waals surface area (Å²) < 4.78 is 16.3. The number of imide groups is 1. The minimum absolute atomic E-state index is 0.00670. The molecule has 0 unspecified atom stereocenters. The van der Waals surface area contributed by atoms with Gasteiger partial charge in [0.25, 0.3) is 5.91 Å². The summed E-state index contributed by atoms with van der Waals surface area (Å²) in [6.07, 6.45) is -3.78. The fourth-order valence-electron chi connectivity index (χ4n) is 4.34. The molecule has 0 saturated heterocycles. The van der Waals surface area contributed by atoms with E-state index in [9.17, 15) is 24.3 Å². The molecule has 1 aliphatic carbocycles. The van der Waals surface area contributed by atoms with Crippen molar-refractivity contribution in [2.75, 3.05) is 6.61 Å². The van der Waals surface area contributed by atoms with E-state index in [1.165, 1.54) is 0 Å². The first kappa shape index (κ1) is 29.6. The molecular formula is C29H36N2O8. The molecule has 0 aromatic heterocycles. The van der Waals surface area contributed by atoms with Gasteiger partial charge in [-0.25, -0.2) is 14.4 Å². The van der Waals surface area contributed by atoms with E-state index in [0.717, 1.165) is 22.3 Å². The Morgan fingerprint density at radius 2 is 1.38 bits per heavy atom. The standard InChI is InChI=1S/C29H36N2O8/c1-28(2,3)38-23(24(32)31-27(36)39-29(4,5)6)15-22(25(33)34)30-26(35)37-16-21-19-13-9-7-11-17(19)18-12-8-10-14-20(18)21/h7-14,21-23H,15-16H2,1-6H3,(H,30,35)(H,33,34)(H,31,32,36)/t22-,23-/m0/s1. The maximum absolute atomic E-state index is 12.8. The molecule has 2 aromatic rings. The number of ether oxygens (including phenoxy) is 3. The summed E-state index contributed by atoms with van der Waals surface area (Å²) in [7, 11) is 0. The van der Waals surface area contributed by atoms with Gasteiger partial charge in [0.1, 0.15) is 24.4 Å². The van der Waals surface area contributed by atoms with Crippen molar-refractivity contribution in [1.82, 2.24) is 10.6 Å². The Kier molecular flexibility index (Phi) is 9.01. The van der Waals surface area contributed by atoms with E-state index in [-0.39, 0.29) is 12.5 Å². The smallest absolute Gasteiger partial charge is 0.414 e. The number of carboxylic acids is 1. The Balaban J connectivity index is 1.68. The monoisotopic (exact) mass is 540 g/mol.